The number of ether oxygens (including phenoxy) is 1. The quantitative estimate of drug-likeness (QED) is 0.799. The molecule has 0 saturated carbocycles. The van der Waals surface area contributed by atoms with Crippen molar-refractivity contribution in [2.45, 2.75) is 20.3 Å². The van der Waals surface area contributed by atoms with E-state index in [0.717, 1.165) is 30.9 Å². The number of anilines is 1. The van der Waals surface area contributed by atoms with Gasteiger partial charge in [0.25, 0.3) is 11.8 Å². The molecule has 0 spiro atoms. The lowest BCUT2D eigenvalue weighted by atomic mass is 10.2. The van der Waals surface area contributed by atoms with Crippen molar-refractivity contribution in [2.75, 3.05) is 31.2 Å². The van der Waals surface area contributed by atoms with Crippen LogP contribution in [0.2, 0.25) is 0 Å². The zero-order valence-corrected chi connectivity index (χ0v) is 15.7. The first-order valence-corrected chi connectivity index (χ1v) is 9.39. The molecule has 0 atom stereocenters. The zero-order chi connectivity index (χ0) is 18.5. The van der Waals surface area contributed by atoms with Crippen molar-refractivity contribution in [2.24, 2.45) is 0 Å². The van der Waals surface area contributed by atoms with Crippen molar-refractivity contribution in [3.63, 3.8) is 0 Å². The molecule has 1 aliphatic rings. The summed E-state index contributed by atoms with van der Waals surface area (Å²) in [5, 5.41) is 0. The van der Waals surface area contributed by atoms with Crippen molar-refractivity contribution in [1.29, 1.82) is 0 Å². The molecule has 8 heteroatoms. The van der Waals surface area contributed by atoms with E-state index in [9.17, 15) is 9.59 Å². The Morgan fingerprint density at radius 3 is 2.58 bits per heavy atom. The van der Waals surface area contributed by atoms with Crippen LogP contribution in [0, 0.1) is 6.92 Å². The van der Waals surface area contributed by atoms with Crippen molar-refractivity contribution in [3.05, 3.63) is 45.3 Å². The molecule has 0 aliphatic carbocycles. The number of amides is 2. The summed E-state index contributed by atoms with van der Waals surface area (Å²) >= 11 is 1.44. The Balaban J connectivity index is 1.56. The van der Waals surface area contributed by atoms with E-state index in [1.54, 1.807) is 12.1 Å². The number of nitrogens with zero attached hydrogens (tertiary/aromatic N) is 2. The highest BCUT2D eigenvalue weighted by Crippen LogP contribution is 2.22. The molecule has 3 rings (SSSR count). The van der Waals surface area contributed by atoms with Gasteiger partial charge in [-0.05, 0) is 37.1 Å². The van der Waals surface area contributed by atoms with Gasteiger partial charge in [-0.2, -0.15) is 0 Å². The summed E-state index contributed by atoms with van der Waals surface area (Å²) in [4.78, 5) is 32.6. The van der Waals surface area contributed by atoms with Gasteiger partial charge >= 0.3 is 0 Å². The second kappa shape index (κ2) is 8.29. The largest absolute Gasteiger partial charge is 0.378 e. The van der Waals surface area contributed by atoms with Gasteiger partial charge in [-0.15, -0.1) is 11.3 Å². The van der Waals surface area contributed by atoms with E-state index in [2.05, 4.69) is 27.7 Å². The summed E-state index contributed by atoms with van der Waals surface area (Å²) in [5.74, 6) is 0.0995. The minimum Gasteiger partial charge on any atom is -0.378 e. The molecule has 2 aromatic heterocycles. The van der Waals surface area contributed by atoms with E-state index < -0.39 is 5.91 Å². The van der Waals surface area contributed by atoms with Crippen LogP contribution in [-0.4, -0.2) is 43.1 Å². The zero-order valence-electron chi connectivity index (χ0n) is 14.9. The fourth-order valence-electron chi connectivity index (χ4n) is 2.73. The number of hydrazine groups is 1. The molecule has 0 aromatic carbocycles. The third-order valence-electron chi connectivity index (χ3n) is 4.20. The van der Waals surface area contributed by atoms with E-state index in [-0.39, 0.29) is 5.91 Å². The third-order valence-corrected chi connectivity index (χ3v) is 5.58. The Kier molecular flexibility index (Phi) is 5.85. The molecule has 1 saturated heterocycles. The minimum absolute atomic E-state index is 0.316. The summed E-state index contributed by atoms with van der Waals surface area (Å²) < 4.78 is 5.32. The van der Waals surface area contributed by atoms with Crippen LogP contribution in [0.5, 0.6) is 0 Å². The van der Waals surface area contributed by atoms with Crippen LogP contribution in [0.15, 0.2) is 24.4 Å². The van der Waals surface area contributed by atoms with Crippen LogP contribution < -0.4 is 15.8 Å². The normalized spacial score (nSPS) is 14.2. The molecule has 2 aromatic rings. The van der Waals surface area contributed by atoms with Crippen LogP contribution in [0.1, 0.15) is 37.4 Å². The maximum Gasteiger partial charge on any atom is 0.279 e. The summed E-state index contributed by atoms with van der Waals surface area (Å²) in [5.41, 5.74) is 6.38. The van der Waals surface area contributed by atoms with Crippen LogP contribution in [0.4, 0.5) is 5.82 Å². The predicted molar refractivity (Wildman–Crippen MR) is 101 cm³/mol. The lowest BCUT2D eigenvalue weighted by molar-refractivity contribution is 0.0848. The summed E-state index contributed by atoms with van der Waals surface area (Å²) in [6, 6.07) is 5.34. The molecule has 0 radical (unpaired) electrons. The Hall–Kier alpha value is -2.45. The van der Waals surface area contributed by atoms with E-state index in [1.807, 2.05) is 13.0 Å². The lowest BCUT2D eigenvalue weighted by Gasteiger charge is -2.27. The van der Waals surface area contributed by atoms with Gasteiger partial charge in [0.15, 0.2) is 0 Å². The SMILES string of the molecule is CCc1sc(C(=O)NNC(=O)c2ccc(N3CCOCC3)nc2)cc1C. The number of thiophene rings is 1. The van der Waals surface area contributed by atoms with Gasteiger partial charge in [0.1, 0.15) is 5.82 Å². The lowest BCUT2D eigenvalue weighted by Crippen LogP contribution is -2.41. The number of nitrogens with one attached hydrogen (secondary N) is 2. The molecule has 2 N–H and O–H groups in total. The van der Waals surface area contributed by atoms with Gasteiger partial charge in [0.2, 0.25) is 0 Å². The molecular weight excluding hydrogens is 352 g/mol. The number of rotatable bonds is 4. The molecule has 2 amide bonds. The molecule has 26 heavy (non-hydrogen) atoms. The molecule has 138 valence electrons. The summed E-state index contributed by atoms with van der Waals surface area (Å²) in [6.07, 6.45) is 2.40. The first-order valence-electron chi connectivity index (χ1n) is 8.57. The van der Waals surface area contributed by atoms with Crippen molar-refractivity contribution >= 4 is 29.0 Å². The third kappa shape index (κ3) is 4.20. The number of carbonyl (C=O) groups excluding carboxylic acids is 2. The van der Waals surface area contributed by atoms with Gasteiger partial charge in [-0.3, -0.25) is 20.4 Å². The number of carbonyl (C=O) groups is 2. The molecule has 0 bridgehead atoms. The van der Waals surface area contributed by atoms with Crippen LogP contribution in [0.3, 0.4) is 0 Å². The van der Waals surface area contributed by atoms with E-state index in [0.29, 0.717) is 23.7 Å². The standard InChI is InChI=1S/C18H22N4O3S/c1-3-14-12(2)10-15(26-14)18(24)21-20-17(23)13-4-5-16(19-11-13)22-6-8-25-9-7-22/h4-5,10-11H,3,6-9H2,1-2H3,(H,20,23)(H,21,24). The highest BCUT2D eigenvalue weighted by atomic mass is 32.1. The number of hydrogen-bond acceptors (Lipinski definition) is 6. The maximum absolute atomic E-state index is 12.2. The Labute approximate surface area is 156 Å². The monoisotopic (exact) mass is 374 g/mol. The van der Waals surface area contributed by atoms with E-state index in [4.69, 9.17) is 4.74 Å². The molecular formula is C18H22N4O3S. The summed E-state index contributed by atoms with van der Waals surface area (Å²) in [6.45, 7) is 6.96. The molecule has 1 fully saturated rings. The van der Waals surface area contributed by atoms with E-state index in [1.165, 1.54) is 22.4 Å². The van der Waals surface area contributed by atoms with Gasteiger partial charge in [0.05, 0.1) is 23.7 Å². The number of morpholine rings is 1. The van der Waals surface area contributed by atoms with Crippen molar-refractivity contribution in [3.8, 4) is 0 Å². The van der Waals surface area contributed by atoms with E-state index >= 15 is 0 Å². The first kappa shape index (κ1) is 18.3. The van der Waals surface area contributed by atoms with Gasteiger partial charge in [-0.25, -0.2) is 4.98 Å². The predicted octanol–water partition coefficient (Wildman–Crippen LogP) is 1.93. The smallest absolute Gasteiger partial charge is 0.279 e. The number of hydrogen-bond donors (Lipinski definition) is 2. The highest BCUT2D eigenvalue weighted by Gasteiger charge is 2.15. The Morgan fingerprint density at radius 2 is 1.96 bits per heavy atom. The molecule has 0 unspecified atom stereocenters. The van der Waals surface area contributed by atoms with Gasteiger partial charge < -0.3 is 9.64 Å². The topological polar surface area (TPSA) is 83.6 Å². The Bertz CT molecular complexity index is 782. The first-order chi connectivity index (χ1) is 12.6. The fraction of sp³-hybridized carbons (Fsp3) is 0.389. The van der Waals surface area contributed by atoms with Gasteiger partial charge in [-0.1, -0.05) is 6.92 Å². The van der Waals surface area contributed by atoms with Crippen molar-refractivity contribution < 1.29 is 14.3 Å². The van der Waals surface area contributed by atoms with Crippen LogP contribution in [-0.2, 0) is 11.2 Å². The average Bonchev–Trinajstić information content (AvgIpc) is 3.07. The fourth-order valence-corrected chi connectivity index (χ4v) is 3.74. The second-order valence-electron chi connectivity index (χ2n) is 5.98. The summed E-state index contributed by atoms with van der Waals surface area (Å²) in [7, 11) is 0. The molecule has 1 aliphatic heterocycles. The van der Waals surface area contributed by atoms with Crippen molar-refractivity contribution in [1.82, 2.24) is 15.8 Å². The van der Waals surface area contributed by atoms with Crippen LogP contribution >= 0.6 is 11.3 Å². The van der Waals surface area contributed by atoms with Crippen LogP contribution in [0.25, 0.3) is 0 Å². The minimum atomic E-state index is -0.400. The molecule has 3 heterocycles. The molecule has 7 nitrogen and oxygen atoms in total. The number of aryl methyl sites for hydroxylation is 2. The second-order valence-corrected chi connectivity index (χ2v) is 7.12. The maximum atomic E-state index is 12.2. The Morgan fingerprint density at radius 1 is 1.23 bits per heavy atom. The number of aromatic nitrogens is 1. The van der Waals surface area contributed by atoms with Gasteiger partial charge in [0, 0.05) is 24.2 Å². The average molecular weight is 374 g/mol. The number of pyridine rings is 1. The highest BCUT2D eigenvalue weighted by molar-refractivity contribution is 7.14.